The summed E-state index contributed by atoms with van der Waals surface area (Å²) < 4.78 is 5.63. The number of ether oxygens (including phenoxy) is 1. The van der Waals surface area contributed by atoms with E-state index in [-0.39, 0.29) is 0 Å². The van der Waals surface area contributed by atoms with Gasteiger partial charge >= 0.3 is 0 Å². The highest BCUT2D eigenvalue weighted by atomic mass is 35.5. The van der Waals surface area contributed by atoms with Crippen LogP contribution in [0.15, 0.2) is 23.4 Å². The molecule has 1 aromatic rings. The summed E-state index contributed by atoms with van der Waals surface area (Å²) in [4.78, 5) is 0. The van der Waals surface area contributed by atoms with Crippen LogP contribution >= 0.6 is 11.6 Å². The van der Waals surface area contributed by atoms with E-state index >= 15 is 0 Å². The van der Waals surface area contributed by atoms with Crippen molar-refractivity contribution in [1.82, 2.24) is 0 Å². The predicted octanol–water partition coefficient (Wildman–Crippen LogP) is 4.11. The van der Waals surface area contributed by atoms with E-state index in [4.69, 9.17) is 21.5 Å². The topological polar surface area (TPSA) is 41.8 Å². The monoisotopic (exact) mass is 255 g/mol. The molecule has 0 radical (unpaired) electrons. The molecule has 1 aromatic carbocycles. The first-order valence-corrected chi connectivity index (χ1v) is 6.25. The summed E-state index contributed by atoms with van der Waals surface area (Å²) in [7, 11) is 0. The van der Waals surface area contributed by atoms with Gasteiger partial charge in [0.1, 0.15) is 5.75 Å². The van der Waals surface area contributed by atoms with Crippen molar-refractivity contribution < 1.29 is 9.94 Å². The molecule has 0 bridgehead atoms. The summed E-state index contributed by atoms with van der Waals surface area (Å²) in [6, 6.07) is 5.26. The minimum Gasteiger partial charge on any atom is -0.493 e. The maximum Gasteiger partial charge on any atom is 0.128 e. The second-order valence-corrected chi connectivity index (χ2v) is 4.27. The summed E-state index contributed by atoms with van der Waals surface area (Å²) in [5.74, 6) is 0.698. The Kier molecular flexibility index (Phi) is 6.48. The molecule has 0 fully saturated rings. The van der Waals surface area contributed by atoms with Gasteiger partial charge in [-0.25, -0.2) is 0 Å². The van der Waals surface area contributed by atoms with Crippen LogP contribution in [0.1, 0.15) is 38.2 Å². The van der Waals surface area contributed by atoms with E-state index in [9.17, 15) is 0 Å². The summed E-state index contributed by atoms with van der Waals surface area (Å²) in [5.41, 5.74) is 0.690. The first-order chi connectivity index (χ1) is 8.27. The van der Waals surface area contributed by atoms with E-state index in [1.54, 1.807) is 18.2 Å². The van der Waals surface area contributed by atoms with Gasteiger partial charge in [0.2, 0.25) is 0 Å². The number of unbranched alkanes of at least 4 members (excludes halogenated alkanes) is 3. The van der Waals surface area contributed by atoms with Gasteiger partial charge in [0.25, 0.3) is 0 Å². The molecule has 0 aliphatic carbocycles. The predicted molar refractivity (Wildman–Crippen MR) is 70.5 cm³/mol. The Bertz CT molecular complexity index is 366. The molecular weight excluding hydrogens is 238 g/mol. The minimum atomic E-state index is 0.596. The number of oxime groups is 1. The van der Waals surface area contributed by atoms with E-state index in [1.807, 2.05) is 0 Å². The van der Waals surface area contributed by atoms with Gasteiger partial charge < -0.3 is 9.94 Å². The Hall–Kier alpha value is -1.22. The van der Waals surface area contributed by atoms with Crippen LogP contribution in [0, 0.1) is 0 Å². The largest absolute Gasteiger partial charge is 0.493 e. The van der Waals surface area contributed by atoms with Crippen LogP contribution in [-0.4, -0.2) is 18.0 Å². The number of benzene rings is 1. The van der Waals surface area contributed by atoms with Crippen molar-refractivity contribution in [2.45, 2.75) is 32.6 Å². The van der Waals surface area contributed by atoms with Crippen molar-refractivity contribution in [3.05, 3.63) is 28.8 Å². The molecule has 1 rings (SSSR count). The number of nitrogens with zero attached hydrogens (tertiary/aromatic N) is 1. The molecule has 1 N–H and O–H groups in total. The second-order valence-electron chi connectivity index (χ2n) is 3.84. The van der Waals surface area contributed by atoms with Crippen molar-refractivity contribution in [3.8, 4) is 5.75 Å². The van der Waals surface area contributed by atoms with Crippen LogP contribution < -0.4 is 4.74 Å². The standard InChI is InChI=1S/C13H18ClNO2/c1-2-3-4-5-8-17-13-7-6-12(14)9-11(13)10-15-16/h6-7,9-10,16H,2-5,8H2,1H3. The van der Waals surface area contributed by atoms with Crippen molar-refractivity contribution >= 4 is 17.8 Å². The van der Waals surface area contributed by atoms with Gasteiger partial charge in [-0.2, -0.15) is 0 Å². The lowest BCUT2D eigenvalue weighted by Crippen LogP contribution is -2.00. The molecule has 0 aliphatic heterocycles. The van der Waals surface area contributed by atoms with Gasteiger partial charge in [-0.3, -0.25) is 0 Å². The maximum absolute atomic E-state index is 8.55. The lowest BCUT2D eigenvalue weighted by molar-refractivity contribution is 0.303. The SMILES string of the molecule is CCCCCCOc1ccc(Cl)cc1C=NO. The van der Waals surface area contributed by atoms with E-state index in [0.29, 0.717) is 22.9 Å². The molecule has 0 unspecified atom stereocenters. The van der Waals surface area contributed by atoms with E-state index in [1.165, 1.54) is 25.5 Å². The molecule has 4 heteroatoms. The molecule has 0 saturated carbocycles. The van der Waals surface area contributed by atoms with Crippen LogP contribution in [0.25, 0.3) is 0 Å². The van der Waals surface area contributed by atoms with Gasteiger partial charge in [0, 0.05) is 10.6 Å². The Balaban J connectivity index is 2.51. The zero-order valence-corrected chi connectivity index (χ0v) is 10.8. The van der Waals surface area contributed by atoms with Crippen molar-refractivity contribution in [2.75, 3.05) is 6.61 Å². The molecule has 0 heterocycles. The van der Waals surface area contributed by atoms with Crippen LogP contribution in [-0.2, 0) is 0 Å². The quantitative estimate of drug-likeness (QED) is 0.345. The fourth-order valence-electron chi connectivity index (χ4n) is 1.52. The van der Waals surface area contributed by atoms with Crippen LogP contribution in [0.4, 0.5) is 0 Å². The van der Waals surface area contributed by atoms with Gasteiger partial charge in [0.15, 0.2) is 0 Å². The summed E-state index contributed by atoms with van der Waals surface area (Å²) in [6.07, 6.45) is 5.98. The molecule has 17 heavy (non-hydrogen) atoms. The fraction of sp³-hybridized carbons (Fsp3) is 0.462. The van der Waals surface area contributed by atoms with E-state index in [2.05, 4.69) is 12.1 Å². The highest BCUT2D eigenvalue weighted by Gasteiger charge is 2.02. The van der Waals surface area contributed by atoms with Crippen molar-refractivity contribution in [3.63, 3.8) is 0 Å². The maximum atomic E-state index is 8.55. The van der Waals surface area contributed by atoms with Crippen LogP contribution in [0.5, 0.6) is 5.75 Å². The molecule has 0 spiro atoms. The first kappa shape index (κ1) is 13.8. The number of halogens is 1. The Morgan fingerprint density at radius 1 is 1.35 bits per heavy atom. The third-order valence-corrected chi connectivity index (χ3v) is 2.66. The average molecular weight is 256 g/mol. The Morgan fingerprint density at radius 3 is 2.88 bits per heavy atom. The molecule has 0 atom stereocenters. The highest BCUT2D eigenvalue weighted by Crippen LogP contribution is 2.21. The fourth-order valence-corrected chi connectivity index (χ4v) is 1.71. The van der Waals surface area contributed by atoms with E-state index < -0.39 is 0 Å². The summed E-state index contributed by atoms with van der Waals surface area (Å²) in [5, 5.41) is 12.1. The molecule has 94 valence electrons. The molecular formula is C13H18ClNO2. The normalized spacial score (nSPS) is 10.9. The third kappa shape index (κ3) is 5.09. The minimum absolute atomic E-state index is 0.596. The second kappa shape index (κ2) is 7.96. The van der Waals surface area contributed by atoms with Gasteiger partial charge in [-0.05, 0) is 24.6 Å². The molecule has 0 aromatic heterocycles. The molecule has 0 amide bonds. The van der Waals surface area contributed by atoms with Gasteiger partial charge in [-0.1, -0.05) is 42.9 Å². The lowest BCUT2D eigenvalue weighted by Gasteiger charge is -2.08. The van der Waals surface area contributed by atoms with Crippen LogP contribution in [0.2, 0.25) is 5.02 Å². The summed E-state index contributed by atoms with van der Waals surface area (Å²) in [6.45, 7) is 2.85. The first-order valence-electron chi connectivity index (χ1n) is 5.87. The van der Waals surface area contributed by atoms with Crippen molar-refractivity contribution in [2.24, 2.45) is 5.16 Å². The van der Waals surface area contributed by atoms with Crippen molar-refractivity contribution in [1.29, 1.82) is 0 Å². The van der Waals surface area contributed by atoms with Gasteiger partial charge in [0.05, 0.1) is 12.8 Å². The zero-order valence-electron chi connectivity index (χ0n) is 10.0. The molecule has 0 saturated heterocycles. The molecule has 0 aliphatic rings. The van der Waals surface area contributed by atoms with Crippen LogP contribution in [0.3, 0.4) is 0 Å². The van der Waals surface area contributed by atoms with Gasteiger partial charge in [-0.15, -0.1) is 0 Å². The number of hydrogen-bond donors (Lipinski definition) is 1. The van der Waals surface area contributed by atoms with E-state index in [0.717, 1.165) is 6.42 Å². The number of hydrogen-bond acceptors (Lipinski definition) is 3. The summed E-state index contributed by atoms with van der Waals surface area (Å²) >= 11 is 5.86. The zero-order chi connectivity index (χ0) is 12.5. The lowest BCUT2D eigenvalue weighted by atomic mass is 10.2. The highest BCUT2D eigenvalue weighted by molar-refractivity contribution is 6.30. The molecule has 3 nitrogen and oxygen atoms in total. The third-order valence-electron chi connectivity index (χ3n) is 2.42. The Morgan fingerprint density at radius 2 is 2.18 bits per heavy atom. The Labute approximate surface area is 107 Å². The number of rotatable bonds is 7. The average Bonchev–Trinajstić information content (AvgIpc) is 2.32. The smallest absolute Gasteiger partial charge is 0.128 e.